The van der Waals surface area contributed by atoms with Gasteiger partial charge in [-0.2, -0.15) is 0 Å². The van der Waals surface area contributed by atoms with E-state index in [2.05, 4.69) is 26.3 Å². The number of anilines is 2. The van der Waals surface area contributed by atoms with Crippen molar-refractivity contribution in [3.63, 3.8) is 0 Å². The number of hydrogen-bond donors (Lipinski definition) is 7. The van der Waals surface area contributed by atoms with Crippen LogP contribution in [-0.2, 0) is 52.8 Å². The lowest BCUT2D eigenvalue weighted by atomic mass is 9.85. The SMILES string of the molecule is Cc1ncsc1-c1ccc([C@H](C)NC(=O)[C@@H]2C[C@@H](O)CN2C(=O)[C@@H](NC(=O)CCCCCc2cccc(NC(=O)[C@H](CCC(N)=O)NC(=O)[C@@H]3Cc4cccc5c4N3C(=O)[C@@H](N)CC5)c2)C(C)(C)C)cc1.Cl. The molecule has 4 heterocycles. The van der Waals surface area contributed by atoms with E-state index in [0.717, 1.165) is 44.8 Å². The number of aryl methyl sites for hydroxylation is 3. The van der Waals surface area contributed by atoms with Gasteiger partial charge < -0.3 is 42.7 Å². The fourth-order valence-electron chi connectivity index (χ4n) is 9.76. The molecule has 3 aromatic carbocycles. The summed E-state index contributed by atoms with van der Waals surface area (Å²) in [5.41, 5.74) is 19.6. The van der Waals surface area contributed by atoms with Crippen LogP contribution in [0.5, 0.6) is 0 Å². The first-order valence-corrected chi connectivity index (χ1v) is 25.4. The molecule has 0 bridgehead atoms. The molecular weight excluding hydrogens is 958 g/mol. The maximum Gasteiger partial charge on any atom is 0.246 e. The Morgan fingerprint density at radius 1 is 0.903 bits per heavy atom. The molecular formula is C53H68ClN9O8S. The third-order valence-corrected chi connectivity index (χ3v) is 14.7. The monoisotopic (exact) mass is 1030 g/mol. The van der Waals surface area contributed by atoms with Crippen molar-refractivity contribution >= 4 is 76.5 Å². The summed E-state index contributed by atoms with van der Waals surface area (Å²) in [4.78, 5) is 102. The van der Waals surface area contributed by atoms with Crippen LogP contribution in [-0.4, -0.2) is 99.2 Å². The van der Waals surface area contributed by atoms with Crippen LogP contribution in [0.1, 0.15) is 113 Å². The zero-order valence-electron chi connectivity index (χ0n) is 41.6. The topological polar surface area (TPSA) is 259 Å². The minimum absolute atomic E-state index is 0. The Balaban J connectivity index is 0.00000847. The molecule has 386 valence electrons. The summed E-state index contributed by atoms with van der Waals surface area (Å²) < 4.78 is 0. The van der Waals surface area contributed by atoms with Gasteiger partial charge in [0.25, 0.3) is 0 Å². The van der Waals surface area contributed by atoms with Crippen molar-refractivity contribution in [2.24, 2.45) is 16.9 Å². The average Bonchev–Trinajstić information content (AvgIpc) is 4.04. The number of rotatable bonds is 19. The second-order valence-corrected chi connectivity index (χ2v) is 21.1. The summed E-state index contributed by atoms with van der Waals surface area (Å²) in [6, 6.07) is 15.9. The third-order valence-electron chi connectivity index (χ3n) is 13.7. The highest BCUT2D eigenvalue weighted by Crippen LogP contribution is 2.39. The van der Waals surface area contributed by atoms with E-state index in [0.29, 0.717) is 43.5 Å². The van der Waals surface area contributed by atoms with E-state index in [9.17, 15) is 38.7 Å². The Kier molecular flexibility index (Phi) is 18.4. The highest BCUT2D eigenvalue weighted by molar-refractivity contribution is 7.13. The summed E-state index contributed by atoms with van der Waals surface area (Å²) in [6.07, 6.45) is 3.10. The lowest BCUT2D eigenvalue weighted by molar-refractivity contribution is -0.144. The van der Waals surface area contributed by atoms with Crippen molar-refractivity contribution in [2.45, 2.75) is 148 Å². The summed E-state index contributed by atoms with van der Waals surface area (Å²) in [6.45, 7) is 9.36. The Hall–Kier alpha value is -6.21. The summed E-state index contributed by atoms with van der Waals surface area (Å²) in [5, 5.41) is 22.3. The maximum atomic E-state index is 14.2. The number of unbranched alkanes of at least 4 members (excludes halogenated alkanes) is 2. The van der Waals surface area contributed by atoms with Gasteiger partial charge in [0.1, 0.15) is 24.2 Å². The van der Waals surface area contributed by atoms with E-state index in [1.807, 2.05) is 94.7 Å². The molecule has 3 aliphatic heterocycles. The normalized spacial score (nSPS) is 19.5. The van der Waals surface area contributed by atoms with E-state index in [4.69, 9.17) is 11.5 Å². The Bertz CT molecular complexity index is 2640. The van der Waals surface area contributed by atoms with Crippen LogP contribution in [0.15, 0.2) is 72.2 Å². The zero-order chi connectivity index (χ0) is 51.1. The number of carbonyl (C=O) groups excluding carboxylic acids is 7. The maximum absolute atomic E-state index is 14.2. The number of amides is 7. The van der Waals surface area contributed by atoms with E-state index in [-0.39, 0.29) is 74.8 Å². The molecule has 17 nitrogen and oxygen atoms in total. The van der Waals surface area contributed by atoms with E-state index in [1.165, 1.54) is 9.80 Å². The Morgan fingerprint density at radius 2 is 1.61 bits per heavy atom. The number of carbonyl (C=O) groups is 7. The zero-order valence-corrected chi connectivity index (χ0v) is 43.2. The fourth-order valence-corrected chi connectivity index (χ4v) is 10.6. The molecule has 7 atom stereocenters. The standard InChI is InChI=1S/C53H67N9O8S.ClH/c1-30(33-17-19-35(20-18-33)46-31(2)56-29-71-46)57-49(67)41-27-38(63)28-61(41)52(70)47(53(3,4)5)60-44(65)16-8-6-7-11-32-12-9-15-37(25-32)58-48(66)40(23-24-43(55)64)59-50(68)42-26-36-14-10-13-34-21-22-39(54)51(69)62(42)45(34)36;/h9-10,12-15,17-20,25,29-30,38-42,47,63H,6-8,11,16,21-24,26-28,54H2,1-5H3,(H2,55,64)(H,57,67)(H,58,66)(H,59,68)(H,60,65);1H/t30-,38+,39-,40-,41-,42-,47+;/m0./s1. The van der Waals surface area contributed by atoms with Gasteiger partial charge in [-0.1, -0.05) is 81.8 Å². The average molecular weight is 1030 g/mol. The number of nitrogens with zero attached hydrogens (tertiary/aromatic N) is 3. The fraction of sp³-hybridized carbons (Fsp3) is 0.472. The number of benzene rings is 3. The van der Waals surface area contributed by atoms with E-state index < -0.39 is 65.4 Å². The van der Waals surface area contributed by atoms with Gasteiger partial charge in [0.05, 0.1) is 40.0 Å². The molecule has 7 amide bonds. The number of β-amino-alcohol motifs (C(OH)–C–C–N with tert-alkyl or cyclic N) is 1. The number of hydrogen-bond acceptors (Lipinski definition) is 11. The quantitative estimate of drug-likeness (QED) is 0.0623. The van der Waals surface area contributed by atoms with Gasteiger partial charge in [0.15, 0.2) is 0 Å². The summed E-state index contributed by atoms with van der Waals surface area (Å²) in [7, 11) is 0. The lowest BCUT2D eigenvalue weighted by Gasteiger charge is -2.35. The molecule has 1 saturated heterocycles. The van der Waals surface area contributed by atoms with Crippen molar-refractivity contribution in [3.8, 4) is 10.4 Å². The van der Waals surface area contributed by atoms with Gasteiger partial charge in [0, 0.05) is 37.9 Å². The molecule has 3 aliphatic rings. The molecule has 4 aromatic rings. The number of primary amides is 1. The van der Waals surface area contributed by atoms with E-state index >= 15 is 0 Å². The van der Waals surface area contributed by atoms with Gasteiger partial charge in [-0.15, -0.1) is 23.7 Å². The first-order valence-electron chi connectivity index (χ1n) is 24.6. The van der Waals surface area contributed by atoms with Crippen LogP contribution >= 0.6 is 23.7 Å². The van der Waals surface area contributed by atoms with Gasteiger partial charge >= 0.3 is 0 Å². The van der Waals surface area contributed by atoms with Crippen LogP contribution in [0.25, 0.3) is 10.4 Å². The van der Waals surface area contributed by atoms with Crippen molar-refractivity contribution in [1.29, 1.82) is 0 Å². The second-order valence-electron chi connectivity index (χ2n) is 20.2. The van der Waals surface area contributed by atoms with Crippen molar-refractivity contribution in [3.05, 3.63) is 100 Å². The van der Waals surface area contributed by atoms with Crippen molar-refractivity contribution in [1.82, 2.24) is 25.8 Å². The van der Waals surface area contributed by atoms with Gasteiger partial charge in [-0.25, -0.2) is 4.98 Å². The molecule has 0 saturated carbocycles. The number of aliphatic hydroxyl groups excluding tert-OH is 1. The summed E-state index contributed by atoms with van der Waals surface area (Å²) in [5.74, 6) is -3.15. The van der Waals surface area contributed by atoms with Crippen molar-refractivity contribution < 1.29 is 38.7 Å². The first-order chi connectivity index (χ1) is 33.8. The smallest absolute Gasteiger partial charge is 0.246 e. The molecule has 72 heavy (non-hydrogen) atoms. The number of nitrogens with two attached hydrogens (primary N) is 2. The van der Waals surface area contributed by atoms with Crippen LogP contribution in [0, 0.1) is 12.3 Å². The predicted octanol–water partition coefficient (Wildman–Crippen LogP) is 4.93. The molecule has 0 spiro atoms. The minimum Gasteiger partial charge on any atom is -0.391 e. The Labute approximate surface area is 431 Å². The molecule has 1 aromatic heterocycles. The van der Waals surface area contributed by atoms with Crippen LogP contribution in [0.2, 0.25) is 0 Å². The number of para-hydroxylation sites is 1. The lowest BCUT2D eigenvalue weighted by Crippen LogP contribution is -2.57. The molecule has 0 aliphatic carbocycles. The number of likely N-dealkylation sites (tertiary alicyclic amines) is 1. The molecule has 9 N–H and O–H groups in total. The second kappa shape index (κ2) is 24.0. The van der Waals surface area contributed by atoms with Crippen LogP contribution in [0.4, 0.5) is 11.4 Å². The number of aromatic nitrogens is 1. The molecule has 1 fully saturated rings. The highest BCUT2D eigenvalue weighted by Gasteiger charge is 2.46. The summed E-state index contributed by atoms with van der Waals surface area (Å²) >= 11 is 1.57. The number of thiazole rings is 1. The van der Waals surface area contributed by atoms with Crippen LogP contribution in [0.3, 0.4) is 0 Å². The van der Waals surface area contributed by atoms with Gasteiger partial charge in [-0.3, -0.25) is 38.5 Å². The number of nitrogens with one attached hydrogen (secondary N) is 4. The molecule has 0 unspecified atom stereocenters. The number of aliphatic hydroxyl groups is 1. The van der Waals surface area contributed by atoms with E-state index in [1.54, 1.807) is 23.5 Å². The molecule has 7 rings (SSSR count). The van der Waals surface area contributed by atoms with Crippen molar-refractivity contribution in [2.75, 3.05) is 16.8 Å². The highest BCUT2D eigenvalue weighted by atomic mass is 35.5. The first kappa shape index (κ1) is 55.1. The molecule has 0 radical (unpaired) electrons. The van der Waals surface area contributed by atoms with Gasteiger partial charge in [0.2, 0.25) is 41.4 Å². The molecule has 19 heteroatoms. The van der Waals surface area contributed by atoms with Crippen LogP contribution < -0.4 is 37.6 Å². The Morgan fingerprint density at radius 3 is 2.31 bits per heavy atom. The minimum atomic E-state index is -1.12. The largest absolute Gasteiger partial charge is 0.391 e. The van der Waals surface area contributed by atoms with Gasteiger partial charge in [-0.05, 0) is 97.7 Å². The number of halogens is 1. The third kappa shape index (κ3) is 13.2. The predicted molar refractivity (Wildman–Crippen MR) is 279 cm³/mol.